The van der Waals surface area contributed by atoms with E-state index in [9.17, 15) is 4.79 Å². The molecule has 1 saturated heterocycles. The van der Waals surface area contributed by atoms with Crippen LogP contribution in [0.15, 0.2) is 60.7 Å². The van der Waals surface area contributed by atoms with Gasteiger partial charge in [0.05, 0.1) is 18.7 Å². The molecule has 1 aliphatic carbocycles. The van der Waals surface area contributed by atoms with Crippen molar-refractivity contribution >= 4 is 39.6 Å². The van der Waals surface area contributed by atoms with E-state index in [1.165, 1.54) is 36.0 Å². The van der Waals surface area contributed by atoms with Gasteiger partial charge in [-0.05, 0) is 54.6 Å². The summed E-state index contributed by atoms with van der Waals surface area (Å²) in [7, 11) is 1.46. The number of methoxy groups -OCH3 is 1. The minimum absolute atomic E-state index is 0.218. The lowest BCUT2D eigenvalue weighted by atomic mass is 9.96. The van der Waals surface area contributed by atoms with E-state index in [0.29, 0.717) is 10.7 Å². The lowest BCUT2D eigenvalue weighted by Crippen LogP contribution is -2.51. The molecule has 0 amide bonds. The molecule has 0 atom stereocenters. The van der Waals surface area contributed by atoms with Crippen molar-refractivity contribution < 1.29 is 9.53 Å². The Morgan fingerprint density at radius 2 is 1.53 bits per heavy atom. The zero-order valence-electron chi connectivity index (χ0n) is 20.7. The fourth-order valence-corrected chi connectivity index (χ4v) is 7.02. The predicted octanol–water partition coefficient (Wildman–Crippen LogP) is 5.91. The Morgan fingerprint density at radius 1 is 0.917 bits per heavy atom. The summed E-state index contributed by atoms with van der Waals surface area (Å²) in [6.07, 6.45) is 5.45. The molecule has 2 aliphatic rings. The standard InChI is InChI=1S/C29H33N3O2S2/c1-34-28(33)25-23-15-9-4-10-16-24(23)36-27(25)30-29(35)32-19-17-31(18-20-32)26(21-11-5-2-6-12-21)22-13-7-3-8-14-22/h2-3,5-8,11-14,26H,4,9-10,15-20H2,1H3,(H,30,35). The first-order valence-corrected chi connectivity index (χ1v) is 14.0. The van der Waals surface area contributed by atoms with Gasteiger partial charge in [0.1, 0.15) is 5.00 Å². The zero-order valence-corrected chi connectivity index (χ0v) is 22.4. The monoisotopic (exact) mass is 519 g/mol. The molecule has 0 bridgehead atoms. The predicted molar refractivity (Wildman–Crippen MR) is 151 cm³/mol. The highest BCUT2D eigenvalue weighted by atomic mass is 32.1. The van der Waals surface area contributed by atoms with E-state index in [0.717, 1.165) is 56.0 Å². The summed E-state index contributed by atoms with van der Waals surface area (Å²) in [5.74, 6) is -0.266. The average Bonchev–Trinajstić information content (AvgIpc) is 3.09. The van der Waals surface area contributed by atoms with Gasteiger partial charge < -0.3 is 15.0 Å². The van der Waals surface area contributed by atoms with E-state index in [1.807, 2.05) is 0 Å². The van der Waals surface area contributed by atoms with Gasteiger partial charge >= 0.3 is 5.97 Å². The molecule has 7 heteroatoms. The summed E-state index contributed by atoms with van der Waals surface area (Å²) in [6, 6.07) is 21.7. The number of rotatable bonds is 5. The number of fused-ring (bicyclic) bond motifs is 1. The Hall–Kier alpha value is -2.74. The Labute approximate surface area is 223 Å². The first kappa shape index (κ1) is 24.9. The number of esters is 1. The maximum Gasteiger partial charge on any atom is 0.341 e. The molecular formula is C29H33N3O2S2. The minimum Gasteiger partial charge on any atom is -0.465 e. The molecule has 0 saturated carbocycles. The van der Waals surface area contributed by atoms with Crippen molar-refractivity contribution in [2.45, 2.75) is 38.1 Å². The number of benzene rings is 2. The first-order chi connectivity index (χ1) is 17.7. The third kappa shape index (κ3) is 5.33. The van der Waals surface area contributed by atoms with Crippen LogP contribution in [0.2, 0.25) is 0 Å². The Bertz CT molecular complexity index is 1150. The minimum atomic E-state index is -0.266. The van der Waals surface area contributed by atoms with Gasteiger partial charge in [-0.25, -0.2) is 4.79 Å². The van der Waals surface area contributed by atoms with Gasteiger partial charge in [0.15, 0.2) is 5.11 Å². The van der Waals surface area contributed by atoms with Crippen molar-refractivity contribution in [2.24, 2.45) is 0 Å². The molecule has 0 spiro atoms. The number of piperazine rings is 1. The van der Waals surface area contributed by atoms with E-state index in [1.54, 1.807) is 11.3 Å². The van der Waals surface area contributed by atoms with Crippen LogP contribution in [0.4, 0.5) is 5.00 Å². The maximum atomic E-state index is 12.7. The van der Waals surface area contributed by atoms with Crippen LogP contribution < -0.4 is 5.32 Å². The van der Waals surface area contributed by atoms with Gasteiger partial charge in [-0.2, -0.15) is 0 Å². The summed E-state index contributed by atoms with van der Waals surface area (Å²) >= 11 is 7.52. The highest BCUT2D eigenvalue weighted by molar-refractivity contribution is 7.80. The Morgan fingerprint density at radius 3 is 2.14 bits per heavy atom. The molecule has 1 N–H and O–H groups in total. The van der Waals surface area contributed by atoms with E-state index in [-0.39, 0.29) is 12.0 Å². The fourth-order valence-electron chi connectivity index (χ4n) is 5.39. The smallest absolute Gasteiger partial charge is 0.341 e. The first-order valence-electron chi connectivity index (χ1n) is 12.8. The number of carbonyl (C=O) groups is 1. The molecule has 1 aliphatic heterocycles. The van der Waals surface area contributed by atoms with Crippen LogP contribution in [0.1, 0.15) is 57.2 Å². The second-order valence-corrected chi connectivity index (χ2v) is 10.9. The third-order valence-electron chi connectivity index (χ3n) is 7.23. The van der Waals surface area contributed by atoms with Crippen LogP contribution in [-0.4, -0.2) is 54.2 Å². The Kier molecular flexibility index (Phi) is 7.99. The lowest BCUT2D eigenvalue weighted by Gasteiger charge is -2.40. The average molecular weight is 520 g/mol. The van der Waals surface area contributed by atoms with Crippen LogP contribution >= 0.6 is 23.6 Å². The van der Waals surface area contributed by atoms with Gasteiger partial charge in [-0.15, -0.1) is 11.3 Å². The second-order valence-electron chi connectivity index (χ2n) is 9.44. The van der Waals surface area contributed by atoms with Crippen molar-refractivity contribution in [3.63, 3.8) is 0 Å². The Balaban J connectivity index is 1.30. The summed E-state index contributed by atoms with van der Waals surface area (Å²) in [4.78, 5) is 18.8. The number of anilines is 1. The molecular weight excluding hydrogens is 486 g/mol. The highest BCUT2D eigenvalue weighted by Crippen LogP contribution is 2.38. The molecule has 36 heavy (non-hydrogen) atoms. The second kappa shape index (κ2) is 11.5. The van der Waals surface area contributed by atoms with Crippen molar-refractivity contribution in [2.75, 3.05) is 38.6 Å². The molecule has 1 fully saturated rings. The van der Waals surface area contributed by atoms with Gasteiger partial charge in [-0.1, -0.05) is 67.1 Å². The maximum absolute atomic E-state index is 12.7. The van der Waals surface area contributed by atoms with E-state index in [2.05, 4.69) is 75.8 Å². The van der Waals surface area contributed by atoms with Crippen LogP contribution in [-0.2, 0) is 17.6 Å². The fraction of sp³-hybridized carbons (Fsp3) is 0.379. The molecule has 5 nitrogen and oxygen atoms in total. The summed E-state index contributed by atoms with van der Waals surface area (Å²) in [5.41, 5.74) is 4.46. The van der Waals surface area contributed by atoms with Crippen molar-refractivity contribution in [1.82, 2.24) is 9.80 Å². The van der Waals surface area contributed by atoms with Gasteiger partial charge in [0.25, 0.3) is 0 Å². The van der Waals surface area contributed by atoms with Crippen LogP contribution in [0.5, 0.6) is 0 Å². The number of nitrogens with one attached hydrogen (secondary N) is 1. The largest absolute Gasteiger partial charge is 0.465 e. The summed E-state index contributed by atoms with van der Waals surface area (Å²) in [5, 5.41) is 4.96. The molecule has 1 aromatic heterocycles. The number of hydrogen-bond donors (Lipinski definition) is 1. The highest BCUT2D eigenvalue weighted by Gasteiger charge is 2.29. The molecule has 0 radical (unpaired) electrons. The molecule has 2 aromatic carbocycles. The topological polar surface area (TPSA) is 44.8 Å². The normalized spacial score (nSPS) is 16.3. The van der Waals surface area contributed by atoms with Gasteiger partial charge in [0.2, 0.25) is 0 Å². The number of hydrogen-bond acceptors (Lipinski definition) is 5. The lowest BCUT2D eigenvalue weighted by molar-refractivity contribution is 0.0601. The molecule has 0 unspecified atom stereocenters. The number of thiophene rings is 1. The number of nitrogens with zero attached hydrogens (tertiary/aromatic N) is 2. The molecule has 2 heterocycles. The number of aryl methyl sites for hydroxylation is 1. The van der Waals surface area contributed by atoms with Gasteiger partial charge in [-0.3, -0.25) is 4.90 Å². The van der Waals surface area contributed by atoms with Crippen LogP contribution in [0.25, 0.3) is 0 Å². The van der Waals surface area contributed by atoms with E-state index in [4.69, 9.17) is 17.0 Å². The number of thiocarbonyl (C=S) groups is 1. The summed E-state index contributed by atoms with van der Waals surface area (Å²) in [6.45, 7) is 3.48. The SMILES string of the molecule is COC(=O)c1c(NC(=S)N2CCN(C(c3ccccc3)c3ccccc3)CC2)sc2c1CCCCC2. The molecule has 188 valence electrons. The molecule has 5 rings (SSSR count). The van der Waals surface area contributed by atoms with Crippen molar-refractivity contribution in [3.05, 3.63) is 87.8 Å². The number of carbonyl (C=O) groups excluding carboxylic acids is 1. The van der Waals surface area contributed by atoms with E-state index >= 15 is 0 Å². The summed E-state index contributed by atoms with van der Waals surface area (Å²) < 4.78 is 5.16. The van der Waals surface area contributed by atoms with Crippen LogP contribution in [0.3, 0.4) is 0 Å². The van der Waals surface area contributed by atoms with E-state index < -0.39 is 0 Å². The zero-order chi connectivity index (χ0) is 24.9. The molecule has 3 aromatic rings. The third-order valence-corrected chi connectivity index (χ3v) is 8.80. The van der Waals surface area contributed by atoms with Gasteiger partial charge in [0, 0.05) is 31.1 Å². The van der Waals surface area contributed by atoms with Crippen LogP contribution in [0, 0.1) is 0 Å². The number of ether oxygens (including phenoxy) is 1. The quantitative estimate of drug-likeness (QED) is 0.257. The van der Waals surface area contributed by atoms with Crippen molar-refractivity contribution in [3.8, 4) is 0 Å². The van der Waals surface area contributed by atoms with Crippen molar-refractivity contribution in [1.29, 1.82) is 0 Å².